The van der Waals surface area contributed by atoms with E-state index in [1.54, 1.807) is 4.90 Å². The van der Waals surface area contributed by atoms with Crippen LogP contribution in [0.2, 0.25) is 0 Å². The number of carbonyl (C=O) groups is 1. The zero-order valence-electron chi connectivity index (χ0n) is 12.0. The lowest BCUT2D eigenvalue weighted by atomic mass is 9.77. The van der Waals surface area contributed by atoms with Crippen LogP contribution in [0.3, 0.4) is 0 Å². The summed E-state index contributed by atoms with van der Waals surface area (Å²) in [5.41, 5.74) is 5.20. The number of thiocarbonyl (C=S) groups is 1. The molecule has 0 radical (unpaired) electrons. The molecule has 1 atom stereocenters. The van der Waals surface area contributed by atoms with Gasteiger partial charge in [0.25, 0.3) is 0 Å². The number of nitrogens with zero attached hydrogens (tertiary/aromatic N) is 1. The van der Waals surface area contributed by atoms with Gasteiger partial charge in [-0.3, -0.25) is 4.79 Å². The molecule has 0 spiro atoms. The molecule has 1 fully saturated rings. The number of hydrogen-bond acceptors (Lipinski definition) is 3. The number of carbonyl (C=O) groups excluding carboxylic acids is 1. The molecule has 0 aliphatic carbocycles. The molecule has 4 nitrogen and oxygen atoms in total. The molecule has 1 saturated heterocycles. The molecule has 19 heavy (non-hydrogen) atoms. The molecule has 110 valence electrons. The minimum absolute atomic E-state index is 0.0162. The van der Waals surface area contributed by atoms with Gasteiger partial charge in [-0.1, -0.05) is 38.9 Å². The van der Waals surface area contributed by atoms with Gasteiger partial charge in [-0.05, 0) is 25.7 Å². The smallest absolute Gasteiger partial charge is 0.235 e. The summed E-state index contributed by atoms with van der Waals surface area (Å²) in [5, 5.41) is 9.73. The Kier molecular flexibility index (Phi) is 6.20. The maximum absolute atomic E-state index is 12.8. The highest BCUT2D eigenvalue weighted by atomic mass is 32.1. The summed E-state index contributed by atoms with van der Waals surface area (Å²) in [4.78, 5) is 14.9. The fourth-order valence-corrected chi connectivity index (χ4v) is 3.28. The van der Waals surface area contributed by atoms with Crippen LogP contribution in [0, 0.1) is 5.41 Å². The minimum atomic E-state index is -0.712. The van der Waals surface area contributed by atoms with Crippen LogP contribution in [0.15, 0.2) is 0 Å². The second kappa shape index (κ2) is 7.20. The van der Waals surface area contributed by atoms with E-state index in [2.05, 4.69) is 0 Å². The van der Waals surface area contributed by atoms with Crippen molar-refractivity contribution < 1.29 is 9.90 Å². The van der Waals surface area contributed by atoms with E-state index in [0.717, 1.165) is 25.7 Å². The van der Waals surface area contributed by atoms with Crippen molar-refractivity contribution >= 4 is 23.1 Å². The third kappa shape index (κ3) is 3.66. The van der Waals surface area contributed by atoms with Crippen LogP contribution in [0.1, 0.15) is 52.4 Å². The molecule has 0 bridgehead atoms. The average Bonchev–Trinajstić information content (AvgIpc) is 2.37. The Morgan fingerprint density at radius 2 is 2.00 bits per heavy atom. The number of rotatable bonds is 6. The van der Waals surface area contributed by atoms with Crippen molar-refractivity contribution in [3.8, 4) is 0 Å². The van der Waals surface area contributed by atoms with Crippen molar-refractivity contribution in [1.82, 2.24) is 4.90 Å². The van der Waals surface area contributed by atoms with Gasteiger partial charge in [0.1, 0.15) is 0 Å². The van der Waals surface area contributed by atoms with Gasteiger partial charge in [-0.25, -0.2) is 0 Å². The van der Waals surface area contributed by atoms with Gasteiger partial charge in [0.15, 0.2) is 0 Å². The van der Waals surface area contributed by atoms with E-state index in [9.17, 15) is 9.90 Å². The van der Waals surface area contributed by atoms with E-state index < -0.39 is 11.5 Å². The molecule has 1 amide bonds. The Hall–Kier alpha value is -0.680. The summed E-state index contributed by atoms with van der Waals surface area (Å²) in [5.74, 6) is 0.0162. The maximum Gasteiger partial charge on any atom is 0.235 e. The predicted octanol–water partition coefficient (Wildman–Crippen LogP) is 1.84. The highest BCUT2D eigenvalue weighted by molar-refractivity contribution is 7.80. The van der Waals surface area contributed by atoms with Gasteiger partial charge in [-0.15, -0.1) is 0 Å². The maximum atomic E-state index is 12.8. The summed E-state index contributed by atoms with van der Waals surface area (Å²) >= 11 is 5.20. The average molecular weight is 286 g/mol. The number of nitrogens with two attached hydrogens (primary N) is 1. The molecule has 0 saturated carbocycles. The molecule has 1 aliphatic heterocycles. The first-order valence-corrected chi connectivity index (χ1v) is 7.66. The van der Waals surface area contributed by atoms with Crippen LogP contribution < -0.4 is 5.73 Å². The molecule has 1 aliphatic rings. The molecular formula is C14H26N2O2S. The lowest BCUT2D eigenvalue weighted by Gasteiger charge is -2.39. The summed E-state index contributed by atoms with van der Waals surface area (Å²) in [6, 6.07) is 0. The van der Waals surface area contributed by atoms with Gasteiger partial charge in [0.2, 0.25) is 5.91 Å². The predicted molar refractivity (Wildman–Crippen MR) is 80.9 cm³/mol. The first kappa shape index (κ1) is 16.4. The summed E-state index contributed by atoms with van der Waals surface area (Å²) in [6.07, 6.45) is 4.34. The number of likely N-dealkylation sites (tertiary alicyclic amines) is 1. The van der Waals surface area contributed by atoms with Crippen molar-refractivity contribution in [2.75, 3.05) is 13.1 Å². The van der Waals surface area contributed by atoms with Crippen LogP contribution in [-0.2, 0) is 4.79 Å². The van der Waals surface area contributed by atoms with Crippen molar-refractivity contribution in [3.63, 3.8) is 0 Å². The number of piperidine rings is 1. The van der Waals surface area contributed by atoms with E-state index in [0.29, 0.717) is 30.9 Å². The highest BCUT2D eigenvalue weighted by Crippen LogP contribution is 2.34. The SMILES string of the molecule is CCCC(CCC)(C(=O)N1CCCC(O)C1)C(N)=S. The number of hydrogen-bond donors (Lipinski definition) is 2. The van der Waals surface area contributed by atoms with E-state index in [-0.39, 0.29) is 5.91 Å². The Morgan fingerprint density at radius 1 is 1.42 bits per heavy atom. The quantitative estimate of drug-likeness (QED) is 0.731. The van der Waals surface area contributed by atoms with Gasteiger partial charge < -0.3 is 15.7 Å². The van der Waals surface area contributed by atoms with E-state index in [1.807, 2.05) is 13.8 Å². The highest BCUT2D eigenvalue weighted by Gasteiger charge is 2.43. The lowest BCUT2D eigenvalue weighted by Crippen LogP contribution is -2.53. The molecule has 0 aromatic rings. The standard InChI is InChI=1S/C14H26N2O2S/c1-3-7-14(8-4-2,12(15)19)13(18)16-9-5-6-11(17)10-16/h11,17H,3-10H2,1-2H3,(H2,15,19). The topological polar surface area (TPSA) is 66.6 Å². The zero-order valence-corrected chi connectivity index (χ0v) is 12.8. The van der Waals surface area contributed by atoms with Crippen LogP contribution >= 0.6 is 12.2 Å². The number of amides is 1. The Labute approximate surface area is 121 Å². The van der Waals surface area contributed by atoms with Crippen LogP contribution in [0.5, 0.6) is 0 Å². The Bertz CT molecular complexity index is 327. The largest absolute Gasteiger partial charge is 0.392 e. The van der Waals surface area contributed by atoms with Gasteiger partial charge in [0.05, 0.1) is 16.5 Å². The zero-order chi connectivity index (χ0) is 14.5. The number of aliphatic hydroxyl groups excluding tert-OH is 1. The first-order valence-electron chi connectivity index (χ1n) is 7.25. The second-order valence-electron chi connectivity index (χ2n) is 5.49. The molecule has 1 heterocycles. The number of β-amino-alcohol motifs (C(OH)–C–C–N with tert-alkyl or cyclic N) is 1. The summed E-state index contributed by atoms with van der Waals surface area (Å²) < 4.78 is 0. The van der Waals surface area contributed by atoms with Crippen molar-refractivity contribution in [2.24, 2.45) is 11.1 Å². The second-order valence-corrected chi connectivity index (χ2v) is 5.93. The van der Waals surface area contributed by atoms with E-state index in [4.69, 9.17) is 18.0 Å². The Balaban J connectivity index is 2.94. The number of aliphatic hydroxyl groups is 1. The molecule has 0 aromatic heterocycles. The molecule has 0 aromatic carbocycles. The van der Waals surface area contributed by atoms with Crippen molar-refractivity contribution in [2.45, 2.75) is 58.5 Å². The third-order valence-corrected chi connectivity index (χ3v) is 4.31. The normalized spacial score (nSPS) is 20.4. The van der Waals surface area contributed by atoms with E-state index in [1.165, 1.54) is 0 Å². The molecule has 1 rings (SSSR count). The molecule has 5 heteroatoms. The summed E-state index contributed by atoms with van der Waals surface area (Å²) in [6.45, 7) is 5.20. The molecular weight excluding hydrogens is 260 g/mol. The van der Waals surface area contributed by atoms with E-state index >= 15 is 0 Å². The first-order chi connectivity index (χ1) is 8.97. The minimum Gasteiger partial charge on any atom is -0.392 e. The third-order valence-electron chi connectivity index (χ3n) is 3.92. The molecule has 3 N–H and O–H groups in total. The van der Waals surface area contributed by atoms with Gasteiger partial charge in [0, 0.05) is 13.1 Å². The van der Waals surface area contributed by atoms with Crippen LogP contribution in [-0.4, -0.2) is 40.1 Å². The van der Waals surface area contributed by atoms with Crippen LogP contribution in [0.4, 0.5) is 0 Å². The molecule has 1 unspecified atom stereocenters. The van der Waals surface area contributed by atoms with Crippen LogP contribution in [0.25, 0.3) is 0 Å². The van der Waals surface area contributed by atoms with Gasteiger partial charge >= 0.3 is 0 Å². The van der Waals surface area contributed by atoms with Gasteiger partial charge in [-0.2, -0.15) is 0 Å². The van der Waals surface area contributed by atoms with Crippen molar-refractivity contribution in [3.05, 3.63) is 0 Å². The monoisotopic (exact) mass is 286 g/mol. The lowest BCUT2D eigenvalue weighted by molar-refractivity contribution is -0.142. The van der Waals surface area contributed by atoms with Crippen molar-refractivity contribution in [1.29, 1.82) is 0 Å². The Morgan fingerprint density at radius 3 is 2.42 bits per heavy atom. The summed E-state index contributed by atoms with van der Waals surface area (Å²) in [7, 11) is 0. The fraction of sp³-hybridized carbons (Fsp3) is 0.857. The fourth-order valence-electron chi connectivity index (χ4n) is 2.99.